The Hall–Kier alpha value is -2.01. The lowest BCUT2D eigenvalue weighted by Crippen LogP contribution is -2.24. The second-order valence-corrected chi connectivity index (χ2v) is 3.83. The molecular formula is C11H11ClN4O. The quantitative estimate of drug-likeness (QED) is 0.723. The number of imidazole rings is 1. The summed E-state index contributed by atoms with van der Waals surface area (Å²) in [6.45, 7) is 0.317. The summed E-state index contributed by atoms with van der Waals surface area (Å²) in [4.78, 5) is 18.7. The van der Waals surface area contributed by atoms with Crippen molar-refractivity contribution < 1.29 is 4.79 Å². The Morgan fingerprint density at radius 2 is 2.35 bits per heavy atom. The lowest BCUT2D eigenvalue weighted by Gasteiger charge is -2.07. The molecule has 0 unspecified atom stereocenters. The minimum Gasteiger partial charge on any atom is -0.397 e. The highest BCUT2D eigenvalue weighted by Gasteiger charge is 2.11. The van der Waals surface area contributed by atoms with E-state index in [9.17, 15) is 4.79 Å². The van der Waals surface area contributed by atoms with Gasteiger partial charge in [0.2, 0.25) is 0 Å². The first-order chi connectivity index (χ1) is 8.18. The molecule has 5 nitrogen and oxygen atoms in total. The van der Waals surface area contributed by atoms with Gasteiger partial charge in [-0.15, -0.1) is 0 Å². The van der Waals surface area contributed by atoms with Gasteiger partial charge in [0.25, 0.3) is 5.91 Å². The van der Waals surface area contributed by atoms with E-state index < -0.39 is 0 Å². The molecule has 6 heteroatoms. The molecule has 0 aliphatic heterocycles. The number of para-hydroxylation sites is 1. The predicted octanol–water partition coefficient (Wildman–Crippen LogP) is 1.58. The Bertz CT molecular complexity index is 524. The van der Waals surface area contributed by atoms with E-state index in [1.807, 2.05) is 0 Å². The molecule has 1 aromatic carbocycles. The van der Waals surface area contributed by atoms with Crippen LogP contribution < -0.4 is 11.1 Å². The van der Waals surface area contributed by atoms with Crippen LogP contribution in [0.3, 0.4) is 0 Å². The summed E-state index contributed by atoms with van der Waals surface area (Å²) in [6, 6.07) is 4.94. The van der Waals surface area contributed by atoms with Gasteiger partial charge < -0.3 is 16.0 Å². The summed E-state index contributed by atoms with van der Waals surface area (Å²) in [5.74, 6) is 0.403. The van der Waals surface area contributed by atoms with E-state index in [2.05, 4.69) is 15.3 Å². The fraction of sp³-hybridized carbons (Fsp3) is 0.0909. The fourth-order valence-corrected chi connectivity index (χ4v) is 1.56. The number of aromatic amines is 1. The third-order valence-electron chi connectivity index (χ3n) is 2.27. The number of nitrogens with zero attached hydrogens (tertiary/aromatic N) is 1. The molecule has 1 aromatic heterocycles. The molecule has 0 bridgehead atoms. The van der Waals surface area contributed by atoms with Crippen molar-refractivity contribution in [1.29, 1.82) is 0 Å². The standard InChI is InChI=1S/C11H11ClN4O/c12-8-3-1-2-7(10(8)13)11(17)16-6-9-14-4-5-15-9/h1-5H,6,13H2,(H,14,15)(H,16,17). The third-order valence-corrected chi connectivity index (χ3v) is 2.60. The summed E-state index contributed by atoms with van der Waals surface area (Å²) < 4.78 is 0. The molecule has 0 spiro atoms. The smallest absolute Gasteiger partial charge is 0.253 e. The highest BCUT2D eigenvalue weighted by atomic mass is 35.5. The Kier molecular flexibility index (Phi) is 3.30. The Labute approximate surface area is 103 Å². The van der Waals surface area contributed by atoms with E-state index in [0.717, 1.165) is 0 Å². The van der Waals surface area contributed by atoms with Crippen LogP contribution in [0.25, 0.3) is 0 Å². The van der Waals surface area contributed by atoms with Gasteiger partial charge in [-0.3, -0.25) is 4.79 Å². The summed E-state index contributed by atoms with van der Waals surface area (Å²) in [5.41, 5.74) is 6.36. The normalized spacial score (nSPS) is 10.2. The maximum Gasteiger partial charge on any atom is 0.253 e. The molecule has 0 aliphatic rings. The van der Waals surface area contributed by atoms with Crippen LogP contribution in [-0.4, -0.2) is 15.9 Å². The number of carbonyl (C=O) groups is 1. The van der Waals surface area contributed by atoms with Gasteiger partial charge in [-0.2, -0.15) is 0 Å². The molecule has 1 heterocycles. The predicted molar refractivity (Wildman–Crippen MR) is 65.6 cm³/mol. The van der Waals surface area contributed by atoms with Gasteiger partial charge in [0.1, 0.15) is 5.82 Å². The van der Waals surface area contributed by atoms with Gasteiger partial charge in [0.15, 0.2) is 0 Å². The number of nitrogens with one attached hydrogen (secondary N) is 2. The van der Waals surface area contributed by atoms with E-state index in [1.165, 1.54) is 0 Å². The van der Waals surface area contributed by atoms with Crippen molar-refractivity contribution in [1.82, 2.24) is 15.3 Å². The number of H-pyrrole nitrogens is 1. The minimum atomic E-state index is -0.276. The summed E-state index contributed by atoms with van der Waals surface area (Å²) in [7, 11) is 0. The zero-order valence-corrected chi connectivity index (χ0v) is 9.66. The Morgan fingerprint density at radius 1 is 1.53 bits per heavy atom. The van der Waals surface area contributed by atoms with Crippen molar-refractivity contribution in [3.05, 3.63) is 47.0 Å². The molecule has 0 saturated heterocycles. The monoisotopic (exact) mass is 250 g/mol. The molecule has 0 atom stereocenters. The maximum absolute atomic E-state index is 11.8. The Morgan fingerprint density at radius 3 is 3.06 bits per heavy atom. The highest BCUT2D eigenvalue weighted by Crippen LogP contribution is 2.22. The van der Waals surface area contributed by atoms with Crippen molar-refractivity contribution in [2.75, 3.05) is 5.73 Å². The zero-order valence-electron chi connectivity index (χ0n) is 8.90. The molecule has 0 radical (unpaired) electrons. The van der Waals surface area contributed by atoms with Crippen LogP contribution in [0.15, 0.2) is 30.6 Å². The lowest BCUT2D eigenvalue weighted by molar-refractivity contribution is 0.0951. The molecule has 88 valence electrons. The van der Waals surface area contributed by atoms with Crippen molar-refractivity contribution in [2.24, 2.45) is 0 Å². The van der Waals surface area contributed by atoms with Gasteiger partial charge in [-0.1, -0.05) is 17.7 Å². The molecule has 4 N–H and O–H groups in total. The topological polar surface area (TPSA) is 83.8 Å². The van der Waals surface area contributed by atoms with Crippen molar-refractivity contribution in [3.63, 3.8) is 0 Å². The number of anilines is 1. The summed E-state index contributed by atoms with van der Waals surface area (Å²) >= 11 is 5.83. The van der Waals surface area contributed by atoms with E-state index in [-0.39, 0.29) is 11.6 Å². The number of nitrogen functional groups attached to an aromatic ring is 1. The largest absolute Gasteiger partial charge is 0.397 e. The van der Waals surface area contributed by atoms with Gasteiger partial charge in [0.05, 0.1) is 22.8 Å². The second-order valence-electron chi connectivity index (χ2n) is 3.42. The first kappa shape index (κ1) is 11.5. The van der Waals surface area contributed by atoms with Crippen LogP contribution in [-0.2, 0) is 6.54 Å². The molecule has 17 heavy (non-hydrogen) atoms. The number of nitrogens with two attached hydrogens (primary N) is 1. The highest BCUT2D eigenvalue weighted by molar-refractivity contribution is 6.33. The van der Waals surface area contributed by atoms with E-state index in [0.29, 0.717) is 23.0 Å². The second kappa shape index (κ2) is 4.88. The number of aromatic nitrogens is 2. The molecular weight excluding hydrogens is 240 g/mol. The van der Waals surface area contributed by atoms with Crippen LogP contribution >= 0.6 is 11.6 Å². The average molecular weight is 251 g/mol. The molecule has 0 aliphatic carbocycles. The number of hydrogen-bond donors (Lipinski definition) is 3. The number of benzene rings is 1. The summed E-state index contributed by atoms with van der Waals surface area (Å²) in [6.07, 6.45) is 3.31. The van der Waals surface area contributed by atoms with Crippen molar-refractivity contribution >= 4 is 23.2 Å². The zero-order chi connectivity index (χ0) is 12.3. The molecule has 0 saturated carbocycles. The van der Waals surface area contributed by atoms with Crippen LogP contribution in [0.2, 0.25) is 5.02 Å². The average Bonchev–Trinajstić information content (AvgIpc) is 2.82. The minimum absolute atomic E-state index is 0.276. The van der Waals surface area contributed by atoms with Crippen LogP contribution in [0.4, 0.5) is 5.69 Å². The first-order valence-corrected chi connectivity index (χ1v) is 5.36. The molecule has 2 aromatic rings. The molecule has 0 fully saturated rings. The number of halogens is 1. The van der Waals surface area contributed by atoms with Gasteiger partial charge in [0, 0.05) is 12.4 Å². The van der Waals surface area contributed by atoms with E-state index in [1.54, 1.807) is 30.6 Å². The number of rotatable bonds is 3. The first-order valence-electron chi connectivity index (χ1n) is 4.99. The van der Waals surface area contributed by atoms with Crippen molar-refractivity contribution in [2.45, 2.75) is 6.54 Å². The number of amides is 1. The van der Waals surface area contributed by atoms with Crippen LogP contribution in [0.5, 0.6) is 0 Å². The number of carbonyl (C=O) groups excluding carboxylic acids is 1. The van der Waals surface area contributed by atoms with Gasteiger partial charge in [-0.05, 0) is 12.1 Å². The van der Waals surface area contributed by atoms with Crippen molar-refractivity contribution in [3.8, 4) is 0 Å². The Balaban J connectivity index is 2.07. The number of hydrogen-bond acceptors (Lipinski definition) is 3. The molecule has 1 amide bonds. The SMILES string of the molecule is Nc1c(Cl)cccc1C(=O)NCc1ncc[nH]1. The van der Waals surface area contributed by atoms with Gasteiger partial charge >= 0.3 is 0 Å². The third kappa shape index (κ3) is 2.57. The van der Waals surface area contributed by atoms with E-state index in [4.69, 9.17) is 17.3 Å². The molecule has 2 rings (SSSR count). The van der Waals surface area contributed by atoms with E-state index >= 15 is 0 Å². The lowest BCUT2D eigenvalue weighted by atomic mass is 10.1. The van der Waals surface area contributed by atoms with Crippen LogP contribution in [0.1, 0.15) is 16.2 Å². The maximum atomic E-state index is 11.8. The van der Waals surface area contributed by atoms with Gasteiger partial charge in [-0.25, -0.2) is 4.98 Å². The summed E-state index contributed by atoms with van der Waals surface area (Å²) in [5, 5.41) is 3.07. The van der Waals surface area contributed by atoms with Crippen LogP contribution in [0, 0.1) is 0 Å². The fourth-order valence-electron chi connectivity index (χ4n) is 1.39.